The lowest BCUT2D eigenvalue weighted by Crippen LogP contribution is -2.48. The maximum atomic E-state index is 8.92. The summed E-state index contributed by atoms with van der Waals surface area (Å²) >= 11 is 0. The van der Waals surface area contributed by atoms with Gasteiger partial charge >= 0.3 is 0 Å². The summed E-state index contributed by atoms with van der Waals surface area (Å²) in [4.78, 5) is 4.82. The molecule has 4 nitrogen and oxygen atoms in total. The Labute approximate surface area is 117 Å². The third-order valence-corrected chi connectivity index (χ3v) is 4.65. The van der Waals surface area contributed by atoms with Crippen molar-refractivity contribution in [3.8, 4) is 0 Å². The molecule has 0 amide bonds. The van der Waals surface area contributed by atoms with Crippen molar-refractivity contribution in [3.05, 3.63) is 0 Å². The van der Waals surface area contributed by atoms with Crippen LogP contribution in [0.25, 0.3) is 0 Å². The van der Waals surface area contributed by atoms with Gasteiger partial charge in [0.05, 0.1) is 19.3 Å². The average Bonchev–Trinajstić information content (AvgIpc) is 2.43. The molecule has 0 aromatic heterocycles. The van der Waals surface area contributed by atoms with Crippen molar-refractivity contribution < 1.29 is 9.84 Å². The number of aliphatic hydroxyl groups excluding tert-OH is 1. The first-order chi connectivity index (χ1) is 9.29. The van der Waals surface area contributed by atoms with Gasteiger partial charge in [-0.25, -0.2) is 0 Å². The van der Waals surface area contributed by atoms with Crippen LogP contribution in [0.3, 0.4) is 0 Å². The van der Waals surface area contributed by atoms with Crippen molar-refractivity contribution in [3.63, 3.8) is 0 Å². The highest BCUT2D eigenvalue weighted by Crippen LogP contribution is 2.26. The smallest absolute Gasteiger partial charge is 0.0601 e. The first-order valence-corrected chi connectivity index (χ1v) is 7.97. The lowest BCUT2D eigenvalue weighted by molar-refractivity contribution is -0.0183. The number of hydrogen-bond donors (Lipinski definition) is 1. The molecule has 1 aliphatic carbocycles. The zero-order chi connectivity index (χ0) is 13.5. The third kappa shape index (κ3) is 5.03. The largest absolute Gasteiger partial charge is 0.395 e. The summed E-state index contributed by atoms with van der Waals surface area (Å²) in [6.45, 7) is 9.78. The maximum Gasteiger partial charge on any atom is 0.0601 e. The van der Waals surface area contributed by atoms with E-state index in [1.54, 1.807) is 0 Å². The number of piperazine rings is 1. The minimum atomic E-state index is 0.280. The Hall–Kier alpha value is -0.160. The molecule has 0 bridgehead atoms. The van der Waals surface area contributed by atoms with Gasteiger partial charge in [0.2, 0.25) is 0 Å². The fourth-order valence-electron chi connectivity index (χ4n) is 3.24. The van der Waals surface area contributed by atoms with Crippen molar-refractivity contribution in [1.82, 2.24) is 9.80 Å². The predicted molar refractivity (Wildman–Crippen MR) is 77.3 cm³/mol. The Kier molecular flexibility index (Phi) is 6.57. The minimum Gasteiger partial charge on any atom is -0.395 e. The first-order valence-electron chi connectivity index (χ1n) is 7.97. The number of aliphatic hydroxyl groups is 1. The van der Waals surface area contributed by atoms with Gasteiger partial charge in [-0.3, -0.25) is 9.80 Å². The highest BCUT2D eigenvalue weighted by Gasteiger charge is 2.22. The third-order valence-electron chi connectivity index (χ3n) is 4.65. The normalized spacial score (nSPS) is 30.6. The standard InChI is InChI=1S/C15H30N2O2/c1-14-4-2-3-5-15(14)19-13-11-17-8-6-16(7-9-17)10-12-18/h14-15,18H,2-13H2,1H3/t14-,15+/m0/s1. The summed E-state index contributed by atoms with van der Waals surface area (Å²) in [6.07, 6.45) is 5.82. The number of ether oxygens (including phenoxy) is 1. The molecule has 112 valence electrons. The Morgan fingerprint density at radius 1 is 1.00 bits per heavy atom. The molecule has 0 aromatic carbocycles. The van der Waals surface area contributed by atoms with Gasteiger partial charge in [0.25, 0.3) is 0 Å². The van der Waals surface area contributed by atoms with Gasteiger partial charge in [0.15, 0.2) is 0 Å². The van der Waals surface area contributed by atoms with Crippen molar-refractivity contribution >= 4 is 0 Å². The first kappa shape index (κ1) is 15.2. The van der Waals surface area contributed by atoms with Crippen LogP contribution in [0, 0.1) is 5.92 Å². The molecule has 0 unspecified atom stereocenters. The molecule has 2 aliphatic rings. The fraction of sp³-hybridized carbons (Fsp3) is 1.00. The van der Waals surface area contributed by atoms with Crippen molar-refractivity contribution in [1.29, 1.82) is 0 Å². The van der Waals surface area contributed by atoms with Gasteiger partial charge < -0.3 is 9.84 Å². The van der Waals surface area contributed by atoms with E-state index in [1.165, 1.54) is 25.7 Å². The van der Waals surface area contributed by atoms with Crippen LogP contribution in [0.1, 0.15) is 32.6 Å². The van der Waals surface area contributed by atoms with E-state index in [0.29, 0.717) is 6.10 Å². The zero-order valence-electron chi connectivity index (χ0n) is 12.4. The summed E-state index contributed by atoms with van der Waals surface area (Å²) in [7, 11) is 0. The van der Waals surface area contributed by atoms with E-state index >= 15 is 0 Å². The number of hydrogen-bond acceptors (Lipinski definition) is 4. The van der Waals surface area contributed by atoms with Crippen LogP contribution >= 0.6 is 0 Å². The van der Waals surface area contributed by atoms with Crippen LogP contribution in [0.2, 0.25) is 0 Å². The van der Waals surface area contributed by atoms with E-state index in [4.69, 9.17) is 9.84 Å². The molecular weight excluding hydrogens is 240 g/mol. The van der Waals surface area contributed by atoms with Crippen molar-refractivity contribution in [2.24, 2.45) is 5.92 Å². The van der Waals surface area contributed by atoms with Crippen molar-refractivity contribution in [2.75, 3.05) is 52.5 Å². The van der Waals surface area contributed by atoms with Gasteiger partial charge in [0.1, 0.15) is 0 Å². The van der Waals surface area contributed by atoms with Crippen LogP contribution in [-0.2, 0) is 4.74 Å². The molecule has 0 aromatic rings. The molecular formula is C15H30N2O2. The van der Waals surface area contributed by atoms with E-state index in [9.17, 15) is 0 Å². The minimum absolute atomic E-state index is 0.280. The Balaban J connectivity index is 1.56. The lowest BCUT2D eigenvalue weighted by atomic mass is 9.88. The summed E-state index contributed by atoms with van der Waals surface area (Å²) in [6, 6.07) is 0. The molecule has 19 heavy (non-hydrogen) atoms. The fourth-order valence-corrected chi connectivity index (χ4v) is 3.24. The van der Waals surface area contributed by atoms with E-state index in [1.807, 2.05) is 0 Å². The monoisotopic (exact) mass is 270 g/mol. The van der Waals surface area contributed by atoms with Crippen LogP contribution in [0.15, 0.2) is 0 Å². The SMILES string of the molecule is C[C@H]1CCCC[C@H]1OCCN1CCN(CCO)CC1. The molecule has 4 heteroatoms. The Bertz CT molecular complexity index is 242. The van der Waals surface area contributed by atoms with E-state index in [-0.39, 0.29) is 6.61 Å². The highest BCUT2D eigenvalue weighted by atomic mass is 16.5. The van der Waals surface area contributed by atoms with Gasteiger partial charge in [-0.05, 0) is 18.8 Å². The van der Waals surface area contributed by atoms with Crippen molar-refractivity contribution in [2.45, 2.75) is 38.7 Å². The molecule has 0 spiro atoms. The van der Waals surface area contributed by atoms with E-state index in [2.05, 4.69) is 16.7 Å². The van der Waals surface area contributed by atoms with Gasteiger partial charge in [-0.2, -0.15) is 0 Å². The zero-order valence-corrected chi connectivity index (χ0v) is 12.4. The molecule has 2 rings (SSSR count). The highest BCUT2D eigenvalue weighted by molar-refractivity contribution is 4.74. The summed E-state index contributed by atoms with van der Waals surface area (Å²) < 4.78 is 6.08. The van der Waals surface area contributed by atoms with E-state index < -0.39 is 0 Å². The van der Waals surface area contributed by atoms with E-state index in [0.717, 1.165) is 51.8 Å². The number of β-amino-alcohol motifs (C(OH)–C–C–N with tert-alkyl or cyclic N) is 1. The number of rotatable bonds is 6. The molecule has 1 N–H and O–H groups in total. The molecule has 0 radical (unpaired) electrons. The van der Waals surface area contributed by atoms with Crippen LogP contribution < -0.4 is 0 Å². The van der Waals surface area contributed by atoms with Crippen LogP contribution in [-0.4, -0.2) is 73.5 Å². The van der Waals surface area contributed by atoms with Gasteiger partial charge in [-0.15, -0.1) is 0 Å². The van der Waals surface area contributed by atoms with Crippen LogP contribution in [0.4, 0.5) is 0 Å². The second-order valence-electron chi connectivity index (χ2n) is 6.08. The average molecular weight is 270 g/mol. The Morgan fingerprint density at radius 2 is 1.63 bits per heavy atom. The quantitative estimate of drug-likeness (QED) is 0.786. The maximum absolute atomic E-state index is 8.92. The Morgan fingerprint density at radius 3 is 2.26 bits per heavy atom. The van der Waals surface area contributed by atoms with Gasteiger partial charge in [-0.1, -0.05) is 19.8 Å². The summed E-state index contributed by atoms with van der Waals surface area (Å²) in [5.74, 6) is 0.746. The number of nitrogens with zero attached hydrogens (tertiary/aromatic N) is 2. The van der Waals surface area contributed by atoms with Crippen LogP contribution in [0.5, 0.6) is 0 Å². The summed E-state index contributed by atoms with van der Waals surface area (Å²) in [5, 5.41) is 8.92. The second-order valence-corrected chi connectivity index (χ2v) is 6.08. The molecule has 1 heterocycles. The molecule has 2 fully saturated rings. The molecule has 1 saturated carbocycles. The predicted octanol–water partition coefficient (Wildman–Crippen LogP) is 1.19. The molecule has 2 atom stereocenters. The molecule has 1 saturated heterocycles. The topological polar surface area (TPSA) is 35.9 Å². The lowest BCUT2D eigenvalue weighted by Gasteiger charge is -2.35. The second kappa shape index (κ2) is 8.20. The summed E-state index contributed by atoms with van der Waals surface area (Å²) in [5.41, 5.74) is 0. The van der Waals surface area contributed by atoms with Gasteiger partial charge in [0, 0.05) is 39.3 Å². The molecule has 1 aliphatic heterocycles.